The van der Waals surface area contributed by atoms with E-state index in [-0.39, 0.29) is 11.6 Å². The summed E-state index contributed by atoms with van der Waals surface area (Å²) in [6.07, 6.45) is 1.57. The number of anilines is 2. The Morgan fingerprint density at radius 3 is 2.17 bits per heavy atom. The molecule has 1 heterocycles. The predicted molar refractivity (Wildman–Crippen MR) is 208 cm³/mol. The first-order valence-corrected chi connectivity index (χ1v) is 17.9. The number of nitrogens with one attached hydrogen (secondary N) is 3. The molecule has 5 aromatic carbocycles. The van der Waals surface area contributed by atoms with Gasteiger partial charge >= 0.3 is 0 Å². The van der Waals surface area contributed by atoms with Crippen LogP contribution in [0.2, 0.25) is 0 Å². The Kier molecular flexibility index (Phi) is 11.8. The molecule has 0 saturated heterocycles. The van der Waals surface area contributed by atoms with Gasteiger partial charge in [-0.2, -0.15) is 0 Å². The van der Waals surface area contributed by atoms with E-state index in [2.05, 4.69) is 20.9 Å². The maximum absolute atomic E-state index is 13.9. The van der Waals surface area contributed by atoms with E-state index in [1.54, 1.807) is 67.8 Å². The molecule has 0 aliphatic rings. The van der Waals surface area contributed by atoms with Crippen molar-refractivity contribution in [2.24, 2.45) is 0 Å². The van der Waals surface area contributed by atoms with Crippen molar-refractivity contribution in [3.8, 4) is 22.8 Å². The molecule has 1 atom stereocenters. The lowest BCUT2D eigenvalue weighted by atomic mass is 10.1. The maximum Gasteiger partial charge on any atom is 0.272 e. The molecule has 0 fully saturated rings. The fraction of sp³-hybridized carbons (Fsp3) is 0.0732. The number of rotatable bonds is 13. The molecule has 52 heavy (non-hydrogen) atoms. The van der Waals surface area contributed by atoms with Crippen molar-refractivity contribution in [1.29, 1.82) is 0 Å². The number of thioether (sulfide) groups is 1. The Bertz CT molecular complexity index is 2210. The molecule has 9 nitrogen and oxygen atoms in total. The van der Waals surface area contributed by atoms with E-state index in [1.807, 2.05) is 84.2 Å². The number of hydrogen-bond donors (Lipinski definition) is 3. The van der Waals surface area contributed by atoms with Gasteiger partial charge < -0.3 is 25.4 Å². The molecule has 0 spiro atoms. The van der Waals surface area contributed by atoms with E-state index in [9.17, 15) is 14.4 Å². The molecular weight excluding hydrogens is 693 g/mol. The van der Waals surface area contributed by atoms with Crippen molar-refractivity contribution >= 4 is 57.7 Å². The molecule has 0 aliphatic heterocycles. The molecule has 1 aromatic heterocycles. The summed E-state index contributed by atoms with van der Waals surface area (Å²) in [4.78, 5) is 46.2. The molecule has 0 aliphatic carbocycles. The quantitative estimate of drug-likeness (QED) is 0.0805. The van der Waals surface area contributed by atoms with Crippen molar-refractivity contribution in [3.63, 3.8) is 0 Å². The summed E-state index contributed by atoms with van der Waals surface area (Å²) in [5.41, 5.74) is 3.83. The normalized spacial score (nSPS) is 11.6. The van der Waals surface area contributed by atoms with Gasteiger partial charge in [-0.1, -0.05) is 84.9 Å². The highest BCUT2D eigenvalue weighted by molar-refractivity contribution is 8.00. The zero-order valence-corrected chi connectivity index (χ0v) is 29.9. The van der Waals surface area contributed by atoms with Gasteiger partial charge in [0.1, 0.15) is 22.4 Å². The van der Waals surface area contributed by atoms with Crippen LogP contribution in [0.4, 0.5) is 10.8 Å². The van der Waals surface area contributed by atoms with Gasteiger partial charge in [-0.25, -0.2) is 4.98 Å². The lowest BCUT2D eigenvalue weighted by Crippen LogP contribution is -2.30. The van der Waals surface area contributed by atoms with Gasteiger partial charge in [-0.15, -0.1) is 23.1 Å². The topological polar surface area (TPSA) is 119 Å². The van der Waals surface area contributed by atoms with Crippen molar-refractivity contribution in [2.75, 3.05) is 24.9 Å². The zero-order chi connectivity index (χ0) is 36.3. The van der Waals surface area contributed by atoms with Crippen molar-refractivity contribution < 1.29 is 23.9 Å². The molecule has 260 valence electrons. The molecule has 0 radical (unpaired) electrons. The average molecular weight is 727 g/mol. The largest absolute Gasteiger partial charge is 0.496 e. The van der Waals surface area contributed by atoms with Gasteiger partial charge in [0.25, 0.3) is 11.8 Å². The minimum absolute atomic E-state index is 0.0221. The molecule has 6 aromatic rings. The minimum atomic E-state index is -0.642. The first kappa shape index (κ1) is 35.6. The number of amides is 3. The summed E-state index contributed by atoms with van der Waals surface area (Å²) in [5, 5.41) is 10.4. The summed E-state index contributed by atoms with van der Waals surface area (Å²) in [6.45, 7) is 0. The maximum atomic E-state index is 13.9. The van der Waals surface area contributed by atoms with Crippen LogP contribution in [0.3, 0.4) is 0 Å². The summed E-state index contributed by atoms with van der Waals surface area (Å²) in [7, 11) is 3.15. The molecule has 0 saturated carbocycles. The number of nitrogens with zero attached hydrogens (tertiary/aromatic N) is 1. The third-order valence-corrected chi connectivity index (χ3v) is 9.78. The second-order valence-corrected chi connectivity index (χ2v) is 13.3. The molecule has 3 N–H and O–H groups in total. The van der Waals surface area contributed by atoms with Crippen LogP contribution in [-0.2, 0) is 9.59 Å². The predicted octanol–water partition coefficient (Wildman–Crippen LogP) is 8.71. The van der Waals surface area contributed by atoms with Crippen LogP contribution >= 0.6 is 23.1 Å². The van der Waals surface area contributed by atoms with Crippen LogP contribution in [0.25, 0.3) is 17.3 Å². The monoisotopic (exact) mass is 726 g/mol. The van der Waals surface area contributed by atoms with Gasteiger partial charge in [0, 0.05) is 32.7 Å². The van der Waals surface area contributed by atoms with Crippen molar-refractivity contribution in [3.05, 3.63) is 161 Å². The third kappa shape index (κ3) is 8.94. The average Bonchev–Trinajstić information content (AvgIpc) is 3.65. The van der Waals surface area contributed by atoms with E-state index in [0.717, 1.165) is 16.0 Å². The van der Waals surface area contributed by atoms with Gasteiger partial charge in [0.05, 0.1) is 19.9 Å². The third-order valence-electron chi connectivity index (χ3n) is 7.77. The zero-order valence-electron chi connectivity index (χ0n) is 28.2. The fourth-order valence-electron chi connectivity index (χ4n) is 5.25. The van der Waals surface area contributed by atoms with E-state index < -0.39 is 17.1 Å². The van der Waals surface area contributed by atoms with Crippen LogP contribution < -0.4 is 25.4 Å². The Morgan fingerprint density at radius 2 is 1.42 bits per heavy atom. The lowest BCUT2D eigenvalue weighted by molar-refractivity contribution is -0.116. The smallest absolute Gasteiger partial charge is 0.272 e. The molecule has 6 rings (SSSR count). The molecule has 0 bridgehead atoms. The first-order valence-electron chi connectivity index (χ1n) is 16.2. The summed E-state index contributed by atoms with van der Waals surface area (Å²) >= 11 is 2.67. The second-order valence-electron chi connectivity index (χ2n) is 11.2. The van der Waals surface area contributed by atoms with Crippen molar-refractivity contribution in [1.82, 2.24) is 10.3 Å². The van der Waals surface area contributed by atoms with Gasteiger partial charge in [-0.05, 0) is 60.2 Å². The van der Waals surface area contributed by atoms with Crippen molar-refractivity contribution in [2.45, 2.75) is 10.1 Å². The number of aromatic nitrogens is 1. The number of hydrogen-bond acceptors (Lipinski definition) is 8. The molecule has 1 unspecified atom stereocenters. The Hall–Kier alpha value is -6.17. The number of para-hydroxylation sites is 2. The highest BCUT2D eigenvalue weighted by Crippen LogP contribution is 2.38. The van der Waals surface area contributed by atoms with E-state index in [4.69, 9.17) is 9.47 Å². The van der Waals surface area contributed by atoms with E-state index >= 15 is 0 Å². The molecule has 3 amide bonds. The number of carbonyl (C=O) groups excluding carboxylic acids is 3. The fourth-order valence-corrected chi connectivity index (χ4v) is 7.05. The molecule has 11 heteroatoms. The highest BCUT2D eigenvalue weighted by atomic mass is 32.2. The Labute approximate surface area is 309 Å². The van der Waals surface area contributed by atoms with E-state index in [1.165, 1.54) is 30.2 Å². The summed E-state index contributed by atoms with van der Waals surface area (Å²) in [5.74, 6) is 0.00482. The van der Waals surface area contributed by atoms with E-state index in [0.29, 0.717) is 39.1 Å². The highest BCUT2D eigenvalue weighted by Gasteiger charge is 2.24. The number of thiazole rings is 1. The SMILES string of the molecule is COc1ccccc1/C=C(/NC(=O)c1ccccc1)C(=O)Nc1cccc(SC(C(=O)Nc2nc(-c3ccccc3OC)cs2)c2ccccc2)c1. The van der Waals surface area contributed by atoms with Crippen LogP contribution in [0, 0.1) is 0 Å². The van der Waals surface area contributed by atoms with Crippen LogP contribution in [-0.4, -0.2) is 36.9 Å². The molecular formula is C41H34N4O5S2. The number of methoxy groups -OCH3 is 2. The lowest BCUT2D eigenvalue weighted by Gasteiger charge is -2.17. The minimum Gasteiger partial charge on any atom is -0.496 e. The second kappa shape index (κ2) is 17.2. The number of benzene rings is 5. The summed E-state index contributed by atoms with van der Waals surface area (Å²) in [6, 6.07) is 40.1. The standard InChI is InChI=1S/C41H34N4O5S2/c1-49-35-22-11-9-18-29(35)24-33(43-38(46)28-16-7-4-8-17-28)39(47)42-30-19-13-20-31(25-30)52-37(27-14-5-3-6-15-27)40(48)45-41-44-34(26-51-41)32-21-10-12-23-36(32)50-2/h3-26,37H,1-2H3,(H,42,47)(H,43,46)(H,44,45,48)/b33-24+. The number of ether oxygens (including phenoxy) is 2. The number of carbonyl (C=O) groups is 3. The first-order chi connectivity index (χ1) is 25.4. The van der Waals surface area contributed by atoms with Gasteiger partial charge in [-0.3, -0.25) is 14.4 Å². The Balaban J connectivity index is 1.22. The van der Waals surface area contributed by atoms with Gasteiger partial charge in [0.15, 0.2) is 5.13 Å². The van der Waals surface area contributed by atoms with Crippen LogP contribution in [0.5, 0.6) is 11.5 Å². The Morgan fingerprint density at radius 1 is 0.750 bits per heavy atom. The van der Waals surface area contributed by atoms with Gasteiger partial charge in [0.2, 0.25) is 5.91 Å². The summed E-state index contributed by atoms with van der Waals surface area (Å²) < 4.78 is 11.0. The van der Waals surface area contributed by atoms with Crippen LogP contribution in [0.15, 0.2) is 149 Å². The van der Waals surface area contributed by atoms with Crippen LogP contribution in [0.1, 0.15) is 26.7 Å².